The lowest BCUT2D eigenvalue weighted by molar-refractivity contribution is -0.143. The number of hydrogen-bond acceptors (Lipinski definition) is 4. The van der Waals surface area contributed by atoms with E-state index in [1.807, 2.05) is 44.2 Å². The molecule has 0 saturated carbocycles. The van der Waals surface area contributed by atoms with Crippen LogP contribution in [0.4, 0.5) is 4.79 Å². The second-order valence-corrected chi connectivity index (χ2v) is 5.91. The molecule has 0 spiro atoms. The average Bonchev–Trinajstić information content (AvgIpc) is 3.07. The third-order valence-corrected chi connectivity index (χ3v) is 3.79. The predicted octanol–water partition coefficient (Wildman–Crippen LogP) is 3.25. The number of carbonyl (C=O) groups is 2. The largest absolute Gasteiger partial charge is 0.479 e. The van der Waals surface area contributed by atoms with Gasteiger partial charge in [0.1, 0.15) is 6.61 Å². The molecule has 7 nitrogen and oxygen atoms in total. The normalized spacial score (nSPS) is 12.0. The van der Waals surface area contributed by atoms with Crippen LogP contribution in [0, 0.1) is 0 Å². The van der Waals surface area contributed by atoms with E-state index in [9.17, 15) is 14.7 Å². The van der Waals surface area contributed by atoms with E-state index in [0.29, 0.717) is 5.56 Å². The lowest BCUT2D eigenvalue weighted by Gasteiger charge is -2.26. The van der Waals surface area contributed by atoms with E-state index in [4.69, 9.17) is 4.74 Å². The van der Waals surface area contributed by atoms with E-state index in [1.54, 1.807) is 17.8 Å². The molecule has 0 aliphatic carbocycles. The Hall–Kier alpha value is -2.83. The number of nitrogens with zero attached hydrogens (tertiary/aromatic N) is 3. The number of carboxylic acid groups (broad SMARTS) is 1. The Morgan fingerprint density at radius 1 is 1.28 bits per heavy atom. The quantitative estimate of drug-likeness (QED) is 0.832. The number of aromatic nitrogens is 2. The summed E-state index contributed by atoms with van der Waals surface area (Å²) in [4.78, 5) is 25.4. The number of hydrogen-bond donors (Lipinski definition) is 1. The van der Waals surface area contributed by atoms with Crippen molar-refractivity contribution in [2.45, 2.75) is 39.5 Å². The highest BCUT2D eigenvalue weighted by Crippen LogP contribution is 2.23. The van der Waals surface area contributed by atoms with Crippen molar-refractivity contribution in [3.8, 4) is 0 Å². The van der Waals surface area contributed by atoms with Gasteiger partial charge in [-0.25, -0.2) is 9.59 Å². The van der Waals surface area contributed by atoms with Crippen LogP contribution in [0.25, 0.3) is 0 Å². The Kier molecular flexibility index (Phi) is 6.16. The molecule has 1 aromatic carbocycles. The van der Waals surface area contributed by atoms with Gasteiger partial charge in [0.2, 0.25) is 0 Å². The van der Waals surface area contributed by atoms with E-state index in [-0.39, 0.29) is 19.2 Å². The van der Waals surface area contributed by atoms with E-state index >= 15 is 0 Å². The van der Waals surface area contributed by atoms with Crippen LogP contribution < -0.4 is 0 Å². The van der Waals surface area contributed by atoms with Crippen molar-refractivity contribution in [3.63, 3.8) is 0 Å². The van der Waals surface area contributed by atoms with Crippen molar-refractivity contribution >= 4 is 12.1 Å². The molecule has 1 heterocycles. The fourth-order valence-corrected chi connectivity index (χ4v) is 2.45. The highest BCUT2D eigenvalue weighted by atomic mass is 16.6. The van der Waals surface area contributed by atoms with Crippen LogP contribution >= 0.6 is 0 Å². The van der Waals surface area contributed by atoms with Crippen LogP contribution in [-0.2, 0) is 16.1 Å². The van der Waals surface area contributed by atoms with Crippen LogP contribution in [0.2, 0.25) is 0 Å². The number of aliphatic carboxylic acids is 1. The number of benzene rings is 1. The summed E-state index contributed by atoms with van der Waals surface area (Å²) in [6.45, 7) is 5.90. The molecule has 134 valence electrons. The number of amides is 1. The van der Waals surface area contributed by atoms with E-state index < -0.39 is 18.1 Å². The molecule has 0 bridgehead atoms. The molecular formula is C18H23N3O4. The smallest absolute Gasteiger partial charge is 0.411 e. The van der Waals surface area contributed by atoms with Gasteiger partial charge in [0, 0.05) is 24.3 Å². The molecule has 2 aromatic rings. The zero-order valence-corrected chi connectivity index (χ0v) is 14.6. The minimum atomic E-state index is -1.14. The minimum absolute atomic E-state index is 0.0910. The zero-order chi connectivity index (χ0) is 18.4. The highest BCUT2D eigenvalue weighted by molar-refractivity contribution is 5.81. The van der Waals surface area contributed by atoms with Crippen LogP contribution in [0.3, 0.4) is 0 Å². The van der Waals surface area contributed by atoms with Gasteiger partial charge in [-0.1, -0.05) is 30.3 Å². The van der Waals surface area contributed by atoms with Crippen molar-refractivity contribution in [2.24, 2.45) is 0 Å². The second-order valence-electron chi connectivity index (χ2n) is 5.91. The molecule has 1 atom stereocenters. The maximum Gasteiger partial charge on any atom is 0.411 e. The number of rotatable bonds is 7. The first-order valence-electron chi connectivity index (χ1n) is 8.18. The average molecular weight is 345 g/mol. The maximum absolute atomic E-state index is 12.4. The van der Waals surface area contributed by atoms with Crippen molar-refractivity contribution in [3.05, 3.63) is 53.9 Å². The molecule has 0 aliphatic heterocycles. The monoisotopic (exact) mass is 345 g/mol. The summed E-state index contributed by atoms with van der Waals surface area (Å²) in [5, 5.41) is 13.8. The van der Waals surface area contributed by atoms with E-state index in [0.717, 1.165) is 5.56 Å². The van der Waals surface area contributed by atoms with Crippen LogP contribution in [0.5, 0.6) is 0 Å². The Bertz CT molecular complexity index is 712. The Labute approximate surface area is 146 Å². The molecule has 7 heteroatoms. The van der Waals surface area contributed by atoms with Gasteiger partial charge in [-0.15, -0.1) is 0 Å². The van der Waals surface area contributed by atoms with Gasteiger partial charge in [0.05, 0.1) is 6.20 Å². The third kappa shape index (κ3) is 4.59. The van der Waals surface area contributed by atoms with Crippen molar-refractivity contribution < 1.29 is 19.4 Å². The number of carbonyl (C=O) groups excluding carboxylic acids is 1. The lowest BCUT2D eigenvalue weighted by Crippen LogP contribution is -2.39. The SMILES string of the molecule is CCN(C(=O)OCc1ccccc1)C(C(=O)O)c1cnn(C(C)C)c1. The summed E-state index contributed by atoms with van der Waals surface area (Å²) in [6.07, 6.45) is 2.46. The molecule has 1 unspecified atom stereocenters. The van der Waals surface area contributed by atoms with Crippen LogP contribution in [0.15, 0.2) is 42.7 Å². The standard InChI is InChI=1S/C18H23N3O4/c1-4-20(18(24)25-12-14-8-6-5-7-9-14)16(17(22)23)15-10-19-21(11-15)13(2)3/h5-11,13,16H,4,12H2,1-3H3,(H,22,23). The van der Waals surface area contributed by atoms with Gasteiger partial charge in [-0.3, -0.25) is 9.58 Å². The predicted molar refractivity (Wildman–Crippen MR) is 92.0 cm³/mol. The summed E-state index contributed by atoms with van der Waals surface area (Å²) >= 11 is 0. The lowest BCUT2D eigenvalue weighted by atomic mass is 10.1. The Balaban J connectivity index is 2.15. The number of likely N-dealkylation sites (N-methyl/N-ethyl adjacent to an activating group) is 1. The summed E-state index contributed by atoms with van der Waals surface area (Å²) < 4.78 is 6.95. The first-order valence-corrected chi connectivity index (χ1v) is 8.18. The van der Waals surface area contributed by atoms with Gasteiger partial charge in [0.25, 0.3) is 0 Å². The molecule has 0 radical (unpaired) electrons. The molecule has 1 amide bonds. The Morgan fingerprint density at radius 2 is 1.96 bits per heavy atom. The first-order chi connectivity index (χ1) is 11.9. The summed E-state index contributed by atoms with van der Waals surface area (Å²) in [5.41, 5.74) is 1.28. The Morgan fingerprint density at radius 3 is 2.48 bits per heavy atom. The second kappa shape index (κ2) is 8.32. The molecule has 0 saturated heterocycles. The van der Waals surface area contributed by atoms with E-state index in [2.05, 4.69) is 5.10 Å². The van der Waals surface area contributed by atoms with Crippen molar-refractivity contribution in [1.82, 2.24) is 14.7 Å². The van der Waals surface area contributed by atoms with Crippen LogP contribution in [-0.4, -0.2) is 38.4 Å². The highest BCUT2D eigenvalue weighted by Gasteiger charge is 2.32. The summed E-state index contributed by atoms with van der Waals surface area (Å²) in [5.74, 6) is -1.12. The van der Waals surface area contributed by atoms with Gasteiger partial charge < -0.3 is 9.84 Å². The fourth-order valence-electron chi connectivity index (χ4n) is 2.45. The van der Waals surface area contributed by atoms with Gasteiger partial charge >= 0.3 is 12.1 Å². The summed E-state index contributed by atoms with van der Waals surface area (Å²) in [6, 6.07) is 8.21. The minimum Gasteiger partial charge on any atom is -0.479 e. The van der Waals surface area contributed by atoms with Crippen molar-refractivity contribution in [2.75, 3.05) is 6.54 Å². The molecule has 1 aromatic heterocycles. The molecule has 25 heavy (non-hydrogen) atoms. The fraction of sp³-hybridized carbons (Fsp3) is 0.389. The molecule has 1 N–H and O–H groups in total. The topological polar surface area (TPSA) is 84.7 Å². The van der Waals surface area contributed by atoms with Gasteiger partial charge in [0.15, 0.2) is 6.04 Å². The van der Waals surface area contributed by atoms with Gasteiger partial charge in [-0.05, 0) is 26.3 Å². The molecule has 0 fully saturated rings. The molecule has 0 aliphatic rings. The van der Waals surface area contributed by atoms with Crippen molar-refractivity contribution in [1.29, 1.82) is 0 Å². The first kappa shape index (κ1) is 18.5. The zero-order valence-electron chi connectivity index (χ0n) is 14.6. The third-order valence-electron chi connectivity index (χ3n) is 3.79. The number of ether oxygens (including phenoxy) is 1. The van der Waals surface area contributed by atoms with Crippen LogP contribution in [0.1, 0.15) is 44.0 Å². The maximum atomic E-state index is 12.4. The number of carboxylic acids is 1. The molecule has 2 rings (SSSR count). The van der Waals surface area contributed by atoms with E-state index in [1.165, 1.54) is 11.1 Å². The molecular weight excluding hydrogens is 322 g/mol. The summed E-state index contributed by atoms with van der Waals surface area (Å²) in [7, 11) is 0. The van der Waals surface area contributed by atoms with Gasteiger partial charge in [-0.2, -0.15) is 5.10 Å².